The maximum Gasteiger partial charge on any atom is 0.0998 e. The first-order valence-electron chi connectivity index (χ1n) is 6.08. The van der Waals surface area contributed by atoms with E-state index >= 15 is 0 Å². The Morgan fingerprint density at radius 3 is 2.88 bits per heavy atom. The van der Waals surface area contributed by atoms with Crippen LogP contribution in [0.5, 0.6) is 0 Å². The van der Waals surface area contributed by atoms with E-state index in [4.69, 9.17) is 5.73 Å². The molecule has 4 heteroatoms. The topological polar surface area (TPSA) is 51.8 Å². The normalized spacial score (nSPS) is 13.4. The van der Waals surface area contributed by atoms with Gasteiger partial charge >= 0.3 is 0 Å². The van der Waals surface area contributed by atoms with Crippen LogP contribution in [0.4, 0.5) is 0 Å². The lowest BCUT2D eigenvalue weighted by Crippen LogP contribution is -2.18. The number of nitrogens with zero attached hydrogens (tertiary/aromatic N) is 2. The van der Waals surface area contributed by atoms with Gasteiger partial charge in [0.05, 0.1) is 21.4 Å². The Morgan fingerprint density at radius 2 is 2.24 bits per heavy atom. The Labute approximate surface area is 106 Å². The molecular weight excluding hydrogens is 230 g/mol. The molecule has 17 heavy (non-hydrogen) atoms. The second-order valence-corrected chi connectivity index (χ2v) is 6.00. The van der Waals surface area contributed by atoms with Crippen molar-refractivity contribution in [2.45, 2.75) is 26.7 Å². The minimum absolute atomic E-state index is 0.545. The van der Waals surface area contributed by atoms with Crippen molar-refractivity contribution < 1.29 is 0 Å². The number of aromatic nitrogens is 2. The summed E-state index contributed by atoms with van der Waals surface area (Å²) in [4.78, 5) is 8.70. The van der Waals surface area contributed by atoms with Crippen molar-refractivity contribution in [1.29, 1.82) is 0 Å². The van der Waals surface area contributed by atoms with Gasteiger partial charge in [0.1, 0.15) is 0 Å². The molecular formula is C13H19N3S. The number of hydrogen-bond acceptors (Lipinski definition) is 4. The second kappa shape index (κ2) is 5.56. The van der Waals surface area contributed by atoms with Gasteiger partial charge in [-0.25, -0.2) is 4.98 Å². The van der Waals surface area contributed by atoms with Crippen molar-refractivity contribution in [3.63, 3.8) is 0 Å². The van der Waals surface area contributed by atoms with E-state index in [2.05, 4.69) is 23.8 Å². The number of nitrogens with two attached hydrogens (primary N) is 1. The van der Waals surface area contributed by atoms with E-state index in [1.165, 1.54) is 16.1 Å². The monoisotopic (exact) mass is 249 g/mol. The average molecular weight is 249 g/mol. The predicted octanol–water partition coefficient (Wildman–Crippen LogP) is 2.85. The van der Waals surface area contributed by atoms with Gasteiger partial charge in [0.15, 0.2) is 0 Å². The zero-order valence-electron chi connectivity index (χ0n) is 10.4. The van der Waals surface area contributed by atoms with Gasteiger partial charge in [0.2, 0.25) is 0 Å². The fraction of sp³-hybridized carbons (Fsp3) is 0.538. The summed E-state index contributed by atoms with van der Waals surface area (Å²) in [6.45, 7) is 5.22. The van der Waals surface area contributed by atoms with Crippen molar-refractivity contribution in [3.8, 4) is 0 Å². The molecule has 0 radical (unpaired) electrons. The molecule has 2 N–H and O–H groups in total. The largest absolute Gasteiger partial charge is 0.330 e. The van der Waals surface area contributed by atoms with Gasteiger partial charge in [-0.15, -0.1) is 11.3 Å². The minimum atomic E-state index is 0.545. The van der Waals surface area contributed by atoms with Crippen LogP contribution < -0.4 is 5.73 Å². The molecule has 0 saturated heterocycles. The smallest absolute Gasteiger partial charge is 0.0998 e. The number of pyridine rings is 1. The summed E-state index contributed by atoms with van der Waals surface area (Å²) in [5.74, 6) is 1.24. The Hall–Kier alpha value is -1.00. The molecule has 3 nitrogen and oxygen atoms in total. The first-order chi connectivity index (χ1) is 8.19. The summed E-state index contributed by atoms with van der Waals surface area (Å²) in [5.41, 5.74) is 6.83. The molecule has 0 aliphatic heterocycles. The van der Waals surface area contributed by atoms with Gasteiger partial charge in [-0.1, -0.05) is 13.8 Å². The van der Waals surface area contributed by atoms with Crippen LogP contribution in [0.1, 0.15) is 25.3 Å². The standard InChI is InChI=1S/C13H19N3S/c1-9(2)5-10(7-14)6-13-16-11-8-15-4-3-12(11)17-13/h3-4,8-10H,5-7,14H2,1-2H3. The molecule has 0 aromatic carbocycles. The molecule has 2 aromatic heterocycles. The van der Waals surface area contributed by atoms with E-state index in [9.17, 15) is 0 Å². The van der Waals surface area contributed by atoms with E-state index < -0.39 is 0 Å². The van der Waals surface area contributed by atoms with E-state index in [1.54, 1.807) is 11.3 Å². The van der Waals surface area contributed by atoms with Crippen molar-refractivity contribution in [1.82, 2.24) is 9.97 Å². The summed E-state index contributed by atoms with van der Waals surface area (Å²) >= 11 is 1.76. The third-order valence-corrected chi connectivity index (χ3v) is 3.89. The third-order valence-electron chi connectivity index (χ3n) is 2.84. The van der Waals surface area contributed by atoms with Gasteiger partial charge in [-0.2, -0.15) is 0 Å². The molecule has 0 spiro atoms. The summed E-state index contributed by atoms with van der Waals surface area (Å²) in [7, 11) is 0. The van der Waals surface area contributed by atoms with E-state index in [1.807, 2.05) is 18.5 Å². The molecule has 2 rings (SSSR count). The Bertz CT molecular complexity index is 445. The summed E-state index contributed by atoms with van der Waals surface area (Å²) in [6.07, 6.45) is 5.81. The van der Waals surface area contributed by atoms with Crippen molar-refractivity contribution in [2.24, 2.45) is 17.6 Å². The highest BCUT2D eigenvalue weighted by atomic mass is 32.1. The summed E-state index contributed by atoms with van der Waals surface area (Å²) in [5, 5.41) is 1.18. The van der Waals surface area contributed by atoms with Crippen LogP contribution in [-0.4, -0.2) is 16.5 Å². The molecule has 0 saturated carbocycles. The molecule has 92 valence electrons. The quantitative estimate of drug-likeness (QED) is 0.886. The van der Waals surface area contributed by atoms with E-state index in [-0.39, 0.29) is 0 Å². The highest BCUT2D eigenvalue weighted by Crippen LogP contribution is 2.24. The Balaban J connectivity index is 2.11. The van der Waals surface area contributed by atoms with Crippen LogP contribution in [0.2, 0.25) is 0 Å². The molecule has 0 fully saturated rings. The highest BCUT2D eigenvalue weighted by Gasteiger charge is 2.13. The lowest BCUT2D eigenvalue weighted by atomic mass is 9.94. The maximum absolute atomic E-state index is 5.83. The lowest BCUT2D eigenvalue weighted by molar-refractivity contribution is 0.415. The number of fused-ring (bicyclic) bond motifs is 1. The number of hydrogen-bond donors (Lipinski definition) is 1. The van der Waals surface area contributed by atoms with Crippen LogP contribution in [-0.2, 0) is 6.42 Å². The molecule has 1 atom stereocenters. The number of rotatable bonds is 5. The van der Waals surface area contributed by atoms with Gasteiger partial charge in [0, 0.05) is 12.6 Å². The van der Waals surface area contributed by atoms with Crippen molar-refractivity contribution >= 4 is 21.6 Å². The Morgan fingerprint density at radius 1 is 1.41 bits per heavy atom. The molecule has 2 heterocycles. The van der Waals surface area contributed by atoms with Gasteiger partial charge in [-0.05, 0) is 30.9 Å². The molecule has 1 unspecified atom stereocenters. The minimum Gasteiger partial charge on any atom is -0.330 e. The van der Waals surface area contributed by atoms with Gasteiger partial charge < -0.3 is 5.73 Å². The van der Waals surface area contributed by atoms with Crippen LogP contribution in [0, 0.1) is 11.8 Å². The maximum atomic E-state index is 5.83. The van der Waals surface area contributed by atoms with Crippen molar-refractivity contribution in [2.75, 3.05) is 6.54 Å². The predicted molar refractivity (Wildman–Crippen MR) is 73.1 cm³/mol. The fourth-order valence-electron chi connectivity index (χ4n) is 2.09. The lowest BCUT2D eigenvalue weighted by Gasteiger charge is -2.15. The van der Waals surface area contributed by atoms with Crippen LogP contribution in [0.15, 0.2) is 18.5 Å². The van der Waals surface area contributed by atoms with Crippen LogP contribution in [0.25, 0.3) is 10.2 Å². The summed E-state index contributed by atoms with van der Waals surface area (Å²) < 4.78 is 1.22. The number of thiazole rings is 1. The van der Waals surface area contributed by atoms with E-state index in [0.717, 1.165) is 18.5 Å². The van der Waals surface area contributed by atoms with Crippen molar-refractivity contribution in [3.05, 3.63) is 23.5 Å². The Kier molecular flexibility index (Phi) is 4.07. The molecule has 0 amide bonds. The van der Waals surface area contributed by atoms with Crippen LogP contribution in [0.3, 0.4) is 0 Å². The zero-order valence-corrected chi connectivity index (χ0v) is 11.2. The highest BCUT2D eigenvalue weighted by molar-refractivity contribution is 7.18. The van der Waals surface area contributed by atoms with Gasteiger partial charge in [0.25, 0.3) is 0 Å². The summed E-state index contributed by atoms with van der Waals surface area (Å²) in [6, 6.07) is 2.02. The third kappa shape index (κ3) is 3.23. The fourth-order valence-corrected chi connectivity index (χ4v) is 3.14. The molecule has 2 aromatic rings. The first-order valence-corrected chi connectivity index (χ1v) is 6.90. The zero-order chi connectivity index (χ0) is 12.3. The molecule has 0 bridgehead atoms. The second-order valence-electron chi connectivity index (χ2n) is 4.89. The average Bonchev–Trinajstić information content (AvgIpc) is 2.69. The molecule has 0 aliphatic carbocycles. The van der Waals surface area contributed by atoms with Crippen LogP contribution >= 0.6 is 11.3 Å². The SMILES string of the molecule is CC(C)CC(CN)Cc1nc2cnccc2s1. The molecule has 0 aliphatic rings. The van der Waals surface area contributed by atoms with Gasteiger partial charge in [-0.3, -0.25) is 4.98 Å². The van der Waals surface area contributed by atoms with E-state index in [0.29, 0.717) is 11.8 Å². The first kappa shape index (κ1) is 12.5.